The summed E-state index contributed by atoms with van der Waals surface area (Å²) in [4.78, 5) is 12.2. The summed E-state index contributed by atoms with van der Waals surface area (Å²) in [5, 5.41) is 3.18. The molecule has 118 valence electrons. The normalized spacial score (nSPS) is 15.9. The standard InChI is InChI=1S/C18H19N3O2/c1-23-13-6-4-11(5-7-13)15-16(18(19)22)14-10-20-8-9-21(14)17(15)12-2-3-12/h4-9,12,20H,2-3,10H2,1H3,(H2,19,22). The zero-order valence-electron chi connectivity index (χ0n) is 13.0. The summed E-state index contributed by atoms with van der Waals surface area (Å²) in [5.41, 5.74) is 10.5. The van der Waals surface area contributed by atoms with Gasteiger partial charge in [0.05, 0.1) is 24.9 Å². The number of primary amides is 1. The Hall–Kier alpha value is -2.69. The van der Waals surface area contributed by atoms with Gasteiger partial charge in [-0.25, -0.2) is 0 Å². The Labute approximate surface area is 134 Å². The minimum Gasteiger partial charge on any atom is -0.497 e. The molecule has 1 aliphatic carbocycles. The number of benzene rings is 1. The molecule has 0 atom stereocenters. The molecule has 1 amide bonds. The SMILES string of the molecule is COc1ccc(-c2c(C(N)=O)c3n(c2C2CC2)C=CNC3)cc1. The van der Waals surface area contributed by atoms with Gasteiger partial charge in [-0.05, 0) is 30.5 Å². The molecule has 2 heterocycles. The number of nitrogens with one attached hydrogen (secondary N) is 1. The maximum Gasteiger partial charge on any atom is 0.251 e. The highest BCUT2D eigenvalue weighted by molar-refractivity contribution is 6.03. The second-order valence-corrected chi connectivity index (χ2v) is 6.02. The van der Waals surface area contributed by atoms with E-state index in [0.717, 1.165) is 35.4 Å². The van der Waals surface area contributed by atoms with Gasteiger partial charge < -0.3 is 20.4 Å². The molecule has 1 aromatic heterocycles. The van der Waals surface area contributed by atoms with Crippen LogP contribution in [0, 0.1) is 0 Å². The smallest absolute Gasteiger partial charge is 0.251 e. The van der Waals surface area contributed by atoms with Gasteiger partial charge >= 0.3 is 0 Å². The number of ether oxygens (including phenoxy) is 1. The number of fused-ring (bicyclic) bond motifs is 1. The van der Waals surface area contributed by atoms with Crippen molar-refractivity contribution in [2.75, 3.05) is 7.11 Å². The third-order valence-corrected chi connectivity index (χ3v) is 4.55. The highest BCUT2D eigenvalue weighted by Crippen LogP contribution is 2.48. The van der Waals surface area contributed by atoms with E-state index in [-0.39, 0.29) is 5.91 Å². The van der Waals surface area contributed by atoms with Gasteiger partial charge in [0.2, 0.25) is 0 Å². The summed E-state index contributed by atoms with van der Waals surface area (Å²) in [6.07, 6.45) is 6.23. The van der Waals surface area contributed by atoms with Crippen molar-refractivity contribution >= 4 is 12.1 Å². The lowest BCUT2D eigenvalue weighted by Crippen LogP contribution is -2.20. The van der Waals surface area contributed by atoms with E-state index in [1.807, 2.05) is 36.7 Å². The Morgan fingerprint density at radius 1 is 1.30 bits per heavy atom. The number of aromatic nitrogens is 1. The molecule has 2 aromatic rings. The Morgan fingerprint density at radius 2 is 2.04 bits per heavy atom. The second-order valence-electron chi connectivity index (χ2n) is 6.02. The van der Waals surface area contributed by atoms with Crippen LogP contribution in [0.15, 0.2) is 30.5 Å². The van der Waals surface area contributed by atoms with Crippen molar-refractivity contribution in [3.63, 3.8) is 0 Å². The van der Waals surface area contributed by atoms with Crippen LogP contribution in [-0.2, 0) is 6.54 Å². The Kier molecular flexibility index (Phi) is 3.15. The molecule has 2 aliphatic rings. The molecule has 0 bridgehead atoms. The fourth-order valence-electron chi connectivity index (χ4n) is 3.36. The first-order valence-corrected chi connectivity index (χ1v) is 7.82. The number of nitrogens with two attached hydrogens (primary N) is 1. The molecule has 1 saturated carbocycles. The Bertz CT molecular complexity index is 799. The Balaban J connectivity index is 1.98. The minimum atomic E-state index is -0.372. The molecular formula is C18H19N3O2. The van der Waals surface area contributed by atoms with Crippen LogP contribution >= 0.6 is 0 Å². The zero-order valence-corrected chi connectivity index (χ0v) is 13.0. The van der Waals surface area contributed by atoms with E-state index in [2.05, 4.69) is 9.88 Å². The number of carbonyl (C=O) groups is 1. The average molecular weight is 309 g/mol. The van der Waals surface area contributed by atoms with Crippen molar-refractivity contribution in [3.8, 4) is 16.9 Å². The minimum absolute atomic E-state index is 0.372. The van der Waals surface area contributed by atoms with Gasteiger partial charge in [-0.3, -0.25) is 4.79 Å². The highest BCUT2D eigenvalue weighted by Gasteiger charge is 2.35. The largest absolute Gasteiger partial charge is 0.497 e. The number of hydrogen-bond acceptors (Lipinski definition) is 3. The number of nitrogens with zero attached hydrogens (tertiary/aromatic N) is 1. The fraction of sp³-hybridized carbons (Fsp3) is 0.278. The lowest BCUT2D eigenvalue weighted by Gasteiger charge is -2.14. The summed E-state index contributed by atoms with van der Waals surface area (Å²) in [6, 6.07) is 7.83. The number of rotatable bonds is 4. The van der Waals surface area contributed by atoms with Crippen LogP contribution in [0.4, 0.5) is 0 Å². The average Bonchev–Trinajstić information content (AvgIpc) is 3.35. The van der Waals surface area contributed by atoms with E-state index in [4.69, 9.17) is 10.5 Å². The van der Waals surface area contributed by atoms with E-state index in [9.17, 15) is 4.79 Å². The third-order valence-electron chi connectivity index (χ3n) is 4.55. The summed E-state index contributed by atoms with van der Waals surface area (Å²) >= 11 is 0. The van der Waals surface area contributed by atoms with E-state index >= 15 is 0 Å². The highest BCUT2D eigenvalue weighted by atomic mass is 16.5. The predicted octanol–water partition coefficient (Wildman–Crippen LogP) is 2.67. The van der Waals surface area contributed by atoms with Crippen molar-refractivity contribution in [3.05, 3.63) is 47.4 Å². The molecular weight excluding hydrogens is 290 g/mol. The van der Waals surface area contributed by atoms with Crippen LogP contribution in [0.1, 0.15) is 40.5 Å². The van der Waals surface area contributed by atoms with E-state index in [1.165, 1.54) is 5.69 Å². The maximum atomic E-state index is 12.2. The van der Waals surface area contributed by atoms with Gasteiger partial charge in [0.1, 0.15) is 5.75 Å². The molecule has 1 aromatic carbocycles. The van der Waals surface area contributed by atoms with Gasteiger partial charge in [-0.15, -0.1) is 0 Å². The topological polar surface area (TPSA) is 69.3 Å². The van der Waals surface area contributed by atoms with Gasteiger partial charge in [0.25, 0.3) is 5.91 Å². The lowest BCUT2D eigenvalue weighted by molar-refractivity contribution is 0.1000. The quantitative estimate of drug-likeness (QED) is 0.912. The maximum absolute atomic E-state index is 12.2. The van der Waals surface area contributed by atoms with Crippen molar-refractivity contribution in [2.24, 2.45) is 5.73 Å². The van der Waals surface area contributed by atoms with Crippen LogP contribution in [0.3, 0.4) is 0 Å². The van der Waals surface area contributed by atoms with Gasteiger partial charge in [0.15, 0.2) is 0 Å². The van der Waals surface area contributed by atoms with Crippen LogP contribution in [0.25, 0.3) is 17.3 Å². The molecule has 1 fully saturated rings. The first-order valence-electron chi connectivity index (χ1n) is 7.82. The lowest BCUT2D eigenvalue weighted by atomic mass is 9.97. The first kappa shape index (κ1) is 13.9. The van der Waals surface area contributed by atoms with Gasteiger partial charge in [0, 0.05) is 29.6 Å². The second kappa shape index (κ2) is 5.19. The summed E-state index contributed by atoms with van der Waals surface area (Å²) in [7, 11) is 1.65. The van der Waals surface area contributed by atoms with Crippen LogP contribution in [-0.4, -0.2) is 17.6 Å². The summed E-state index contributed by atoms with van der Waals surface area (Å²) in [6.45, 7) is 0.616. The molecule has 1 aliphatic heterocycles. The van der Waals surface area contributed by atoms with E-state index < -0.39 is 0 Å². The van der Waals surface area contributed by atoms with Crippen molar-refractivity contribution in [1.82, 2.24) is 9.88 Å². The fourth-order valence-corrected chi connectivity index (χ4v) is 3.36. The molecule has 4 rings (SSSR count). The molecule has 0 saturated heterocycles. The van der Waals surface area contributed by atoms with Gasteiger partial charge in [-0.2, -0.15) is 0 Å². The monoisotopic (exact) mass is 309 g/mol. The number of amides is 1. The van der Waals surface area contributed by atoms with Crippen LogP contribution in [0.2, 0.25) is 0 Å². The summed E-state index contributed by atoms with van der Waals surface area (Å²) < 4.78 is 7.38. The molecule has 5 nitrogen and oxygen atoms in total. The third kappa shape index (κ3) is 2.20. The summed E-state index contributed by atoms with van der Waals surface area (Å²) in [5.74, 6) is 0.929. The Morgan fingerprint density at radius 3 is 2.65 bits per heavy atom. The number of carbonyl (C=O) groups excluding carboxylic acids is 1. The molecule has 0 radical (unpaired) electrons. The molecule has 3 N–H and O–H groups in total. The van der Waals surface area contributed by atoms with Gasteiger partial charge in [-0.1, -0.05) is 12.1 Å². The van der Waals surface area contributed by atoms with Crippen LogP contribution in [0.5, 0.6) is 5.75 Å². The molecule has 0 spiro atoms. The van der Waals surface area contributed by atoms with E-state index in [1.54, 1.807) is 7.11 Å². The van der Waals surface area contributed by atoms with Crippen LogP contribution < -0.4 is 15.8 Å². The molecule has 0 unspecified atom stereocenters. The first-order chi connectivity index (χ1) is 11.2. The molecule has 23 heavy (non-hydrogen) atoms. The number of methoxy groups -OCH3 is 1. The zero-order chi connectivity index (χ0) is 16.0. The van der Waals surface area contributed by atoms with Crippen molar-refractivity contribution in [1.29, 1.82) is 0 Å². The van der Waals surface area contributed by atoms with Crippen molar-refractivity contribution < 1.29 is 9.53 Å². The predicted molar refractivity (Wildman–Crippen MR) is 89.1 cm³/mol. The molecule has 5 heteroatoms. The number of hydrogen-bond donors (Lipinski definition) is 2. The van der Waals surface area contributed by atoms with E-state index in [0.29, 0.717) is 18.0 Å². The van der Waals surface area contributed by atoms with Crippen molar-refractivity contribution in [2.45, 2.75) is 25.3 Å².